The lowest BCUT2D eigenvalue weighted by atomic mass is 9.88. The lowest BCUT2D eigenvalue weighted by molar-refractivity contribution is -0.174. The van der Waals surface area contributed by atoms with Crippen molar-refractivity contribution in [1.82, 2.24) is 5.06 Å². The number of hydroxylamine groups is 2. The molecule has 1 aliphatic carbocycles. The zero-order valence-electron chi connectivity index (χ0n) is 8.08. The van der Waals surface area contributed by atoms with E-state index in [1.807, 2.05) is 0 Å². The maximum absolute atomic E-state index is 11.5. The summed E-state index contributed by atoms with van der Waals surface area (Å²) in [4.78, 5) is 27.4. The second kappa shape index (κ2) is 4.37. The van der Waals surface area contributed by atoms with Crippen molar-refractivity contribution in [3.63, 3.8) is 0 Å². The maximum Gasteiger partial charge on any atom is 0.249 e. The molecule has 74 valence electrons. The van der Waals surface area contributed by atoms with Crippen molar-refractivity contribution >= 4 is 11.7 Å². The minimum absolute atomic E-state index is 0.0875. The molecule has 0 aromatic carbocycles. The predicted molar refractivity (Wildman–Crippen MR) is 46.7 cm³/mol. The first-order valence-corrected chi connectivity index (χ1v) is 4.48. The molecule has 0 heterocycles. The van der Waals surface area contributed by atoms with Gasteiger partial charge in [-0.3, -0.25) is 14.4 Å². The van der Waals surface area contributed by atoms with E-state index in [0.717, 1.165) is 12.8 Å². The highest BCUT2D eigenvalue weighted by atomic mass is 16.7. The maximum atomic E-state index is 11.5. The topological polar surface area (TPSA) is 46.6 Å². The number of amides is 1. The summed E-state index contributed by atoms with van der Waals surface area (Å²) in [5.41, 5.74) is 0. The zero-order valence-corrected chi connectivity index (χ0v) is 8.08. The van der Waals surface area contributed by atoms with Gasteiger partial charge in [-0.1, -0.05) is 0 Å². The van der Waals surface area contributed by atoms with E-state index in [4.69, 9.17) is 4.84 Å². The molecule has 1 amide bonds. The Bertz CT molecular complexity index is 215. The standard InChI is InChI=1S/C9H15NO3/c1-10(13-2)9(12)7-4-3-5-8(11)6-7/h7H,3-6H2,1-2H3/t7-/m0/s1. The molecule has 1 atom stereocenters. The molecule has 4 heteroatoms. The van der Waals surface area contributed by atoms with Gasteiger partial charge >= 0.3 is 0 Å². The molecule has 0 aromatic rings. The average Bonchev–Trinajstić information content (AvgIpc) is 2.15. The summed E-state index contributed by atoms with van der Waals surface area (Å²) in [6, 6.07) is 0. The molecule has 13 heavy (non-hydrogen) atoms. The van der Waals surface area contributed by atoms with Crippen LogP contribution in [0.15, 0.2) is 0 Å². The molecule has 0 aliphatic heterocycles. The molecule has 0 radical (unpaired) electrons. The monoisotopic (exact) mass is 185 g/mol. The van der Waals surface area contributed by atoms with Gasteiger partial charge in [-0.15, -0.1) is 0 Å². The summed E-state index contributed by atoms with van der Waals surface area (Å²) in [6.07, 6.45) is 2.64. The Morgan fingerprint density at radius 1 is 1.62 bits per heavy atom. The fourth-order valence-corrected chi connectivity index (χ4v) is 1.58. The fraction of sp³-hybridized carbons (Fsp3) is 0.778. The van der Waals surface area contributed by atoms with Gasteiger partial charge < -0.3 is 0 Å². The highest BCUT2D eigenvalue weighted by Gasteiger charge is 2.27. The van der Waals surface area contributed by atoms with Crippen molar-refractivity contribution in [3.8, 4) is 0 Å². The summed E-state index contributed by atoms with van der Waals surface area (Å²) >= 11 is 0. The van der Waals surface area contributed by atoms with E-state index in [9.17, 15) is 9.59 Å². The van der Waals surface area contributed by atoms with Gasteiger partial charge in [0.05, 0.1) is 7.11 Å². The summed E-state index contributed by atoms with van der Waals surface area (Å²) in [6.45, 7) is 0. The van der Waals surface area contributed by atoms with Gasteiger partial charge in [0.15, 0.2) is 0 Å². The summed E-state index contributed by atoms with van der Waals surface area (Å²) < 4.78 is 0. The van der Waals surface area contributed by atoms with E-state index in [1.54, 1.807) is 7.05 Å². The Labute approximate surface area is 77.8 Å². The lowest BCUT2D eigenvalue weighted by Crippen LogP contribution is -2.34. The van der Waals surface area contributed by atoms with Gasteiger partial charge in [-0.25, -0.2) is 5.06 Å². The van der Waals surface area contributed by atoms with Crippen molar-refractivity contribution in [2.75, 3.05) is 14.2 Å². The number of carbonyl (C=O) groups is 2. The quantitative estimate of drug-likeness (QED) is 0.597. The van der Waals surface area contributed by atoms with Gasteiger partial charge in [0.1, 0.15) is 5.78 Å². The van der Waals surface area contributed by atoms with E-state index >= 15 is 0 Å². The van der Waals surface area contributed by atoms with Crippen LogP contribution in [0.25, 0.3) is 0 Å². The normalized spacial score (nSPS) is 22.9. The second-order valence-corrected chi connectivity index (χ2v) is 3.35. The van der Waals surface area contributed by atoms with Crippen LogP contribution in [-0.2, 0) is 14.4 Å². The molecule has 1 fully saturated rings. The number of carbonyl (C=O) groups excluding carboxylic acids is 2. The molecule has 1 aliphatic rings. The summed E-state index contributed by atoms with van der Waals surface area (Å²) in [5, 5.41) is 1.20. The van der Waals surface area contributed by atoms with Crippen molar-refractivity contribution in [2.24, 2.45) is 5.92 Å². The second-order valence-electron chi connectivity index (χ2n) is 3.35. The summed E-state index contributed by atoms with van der Waals surface area (Å²) in [7, 11) is 3.02. The number of hydrogen-bond acceptors (Lipinski definition) is 3. The van der Waals surface area contributed by atoms with E-state index in [1.165, 1.54) is 12.2 Å². The van der Waals surface area contributed by atoms with Crippen LogP contribution in [0.2, 0.25) is 0 Å². The van der Waals surface area contributed by atoms with Crippen LogP contribution in [0.1, 0.15) is 25.7 Å². The van der Waals surface area contributed by atoms with Gasteiger partial charge in [-0.05, 0) is 12.8 Å². The first-order valence-electron chi connectivity index (χ1n) is 4.48. The van der Waals surface area contributed by atoms with Crippen molar-refractivity contribution in [3.05, 3.63) is 0 Å². The van der Waals surface area contributed by atoms with E-state index in [-0.39, 0.29) is 17.6 Å². The number of nitrogens with zero attached hydrogens (tertiary/aromatic N) is 1. The Kier molecular flexibility index (Phi) is 3.42. The van der Waals surface area contributed by atoms with Gasteiger partial charge in [0.25, 0.3) is 0 Å². The Balaban J connectivity index is 2.50. The average molecular weight is 185 g/mol. The third-order valence-corrected chi connectivity index (χ3v) is 2.42. The van der Waals surface area contributed by atoms with E-state index in [2.05, 4.69) is 0 Å². The van der Waals surface area contributed by atoms with Crippen molar-refractivity contribution in [2.45, 2.75) is 25.7 Å². The molecule has 0 saturated heterocycles. The number of ketones is 1. The van der Waals surface area contributed by atoms with Gasteiger partial charge in [-0.2, -0.15) is 0 Å². The molecule has 0 aromatic heterocycles. The fourth-order valence-electron chi connectivity index (χ4n) is 1.58. The molecule has 4 nitrogen and oxygen atoms in total. The van der Waals surface area contributed by atoms with Crippen LogP contribution in [0, 0.1) is 5.92 Å². The molecular formula is C9H15NO3. The third kappa shape index (κ3) is 2.52. The largest absolute Gasteiger partial charge is 0.300 e. The Morgan fingerprint density at radius 3 is 2.85 bits per heavy atom. The number of rotatable bonds is 2. The highest BCUT2D eigenvalue weighted by Crippen LogP contribution is 2.22. The molecule has 0 bridgehead atoms. The molecule has 1 saturated carbocycles. The Morgan fingerprint density at radius 2 is 2.31 bits per heavy atom. The number of hydrogen-bond donors (Lipinski definition) is 0. The molecule has 0 N–H and O–H groups in total. The van der Waals surface area contributed by atoms with Crippen molar-refractivity contribution < 1.29 is 14.4 Å². The van der Waals surface area contributed by atoms with Crippen LogP contribution in [0.4, 0.5) is 0 Å². The molecular weight excluding hydrogens is 170 g/mol. The van der Waals surface area contributed by atoms with Crippen LogP contribution in [0.3, 0.4) is 0 Å². The molecule has 0 spiro atoms. The molecule has 0 unspecified atom stereocenters. The third-order valence-electron chi connectivity index (χ3n) is 2.42. The van der Waals surface area contributed by atoms with Crippen LogP contribution >= 0.6 is 0 Å². The first kappa shape index (κ1) is 10.2. The predicted octanol–water partition coefficient (Wildman–Crippen LogP) is 0.765. The van der Waals surface area contributed by atoms with Crippen LogP contribution in [0.5, 0.6) is 0 Å². The Hall–Kier alpha value is -0.900. The lowest BCUT2D eigenvalue weighted by Gasteiger charge is -2.23. The smallest absolute Gasteiger partial charge is 0.249 e. The minimum atomic E-state index is -0.161. The van der Waals surface area contributed by atoms with Crippen LogP contribution < -0.4 is 0 Å². The minimum Gasteiger partial charge on any atom is -0.300 e. The first-order chi connectivity index (χ1) is 6.15. The zero-order chi connectivity index (χ0) is 9.84. The number of Topliss-reactive ketones (excluding diaryl/α,β-unsaturated/α-hetero) is 1. The van der Waals surface area contributed by atoms with E-state index < -0.39 is 0 Å². The highest BCUT2D eigenvalue weighted by molar-refractivity contribution is 5.87. The van der Waals surface area contributed by atoms with Crippen LogP contribution in [-0.4, -0.2) is 30.9 Å². The SMILES string of the molecule is CON(C)C(=O)[C@H]1CCCC(=O)C1. The summed E-state index contributed by atoms with van der Waals surface area (Å²) in [5.74, 6) is -0.0594. The van der Waals surface area contributed by atoms with Crippen molar-refractivity contribution in [1.29, 1.82) is 0 Å². The molecule has 1 rings (SSSR count). The van der Waals surface area contributed by atoms with Gasteiger partial charge in [0.2, 0.25) is 5.91 Å². The van der Waals surface area contributed by atoms with Gasteiger partial charge in [0, 0.05) is 25.8 Å². The van der Waals surface area contributed by atoms with E-state index in [0.29, 0.717) is 12.8 Å².